The van der Waals surface area contributed by atoms with Crippen molar-refractivity contribution in [2.45, 2.75) is 13.0 Å². The van der Waals surface area contributed by atoms with Gasteiger partial charge in [0.15, 0.2) is 0 Å². The maximum Gasteiger partial charge on any atom is 0.0595 e. The molecule has 0 aromatic heterocycles. The normalized spacial score (nSPS) is 12.4. The Morgan fingerprint density at radius 3 is 2.28 bits per heavy atom. The van der Waals surface area contributed by atoms with Crippen LogP contribution < -0.4 is 5.32 Å². The quantitative estimate of drug-likeness (QED) is 0.856. The van der Waals surface area contributed by atoms with Crippen LogP contribution in [0.2, 0.25) is 10.0 Å². The van der Waals surface area contributed by atoms with Gasteiger partial charge in [0.25, 0.3) is 0 Å². The van der Waals surface area contributed by atoms with Gasteiger partial charge in [-0.05, 0) is 29.8 Å². The summed E-state index contributed by atoms with van der Waals surface area (Å²) in [7, 11) is 0. The predicted molar refractivity (Wildman–Crippen MR) is 78.4 cm³/mol. The van der Waals surface area contributed by atoms with E-state index >= 15 is 0 Å². The standard InChI is InChI=1S/C15H15Cl2N/c1-2-18-15(11-6-4-3-5-7-11)12-8-9-13(16)14(17)10-12/h3-10,15,18H,2H2,1H3. The van der Waals surface area contributed by atoms with Crippen molar-refractivity contribution in [1.29, 1.82) is 0 Å². The van der Waals surface area contributed by atoms with Gasteiger partial charge < -0.3 is 5.32 Å². The highest BCUT2D eigenvalue weighted by Gasteiger charge is 2.13. The first kappa shape index (κ1) is 13.4. The minimum atomic E-state index is 0.144. The highest BCUT2D eigenvalue weighted by Crippen LogP contribution is 2.28. The molecule has 3 heteroatoms. The fourth-order valence-electron chi connectivity index (χ4n) is 1.97. The van der Waals surface area contributed by atoms with E-state index in [-0.39, 0.29) is 6.04 Å². The van der Waals surface area contributed by atoms with Crippen LogP contribution in [-0.2, 0) is 0 Å². The number of nitrogens with one attached hydrogen (secondary N) is 1. The summed E-state index contributed by atoms with van der Waals surface area (Å²) in [5.41, 5.74) is 2.34. The van der Waals surface area contributed by atoms with Crippen LogP contribution in [-0.4, -0.2) is 6.54 Å². The Morgan fingerprint density at radius 2 is 1.67 bits per heavy atom. The Balaban J connectivity index is 2.38. The highest BCUT2D eigenvalue weighted by atomic mass is 35.5. The summed E-state index contributed by atoms with van der Waals surface area (Å²) >= 11 is 12.0. The lowest BCUT2D eigenvalue weighted by Gasteiger charge is -2.19. The zero-order chi connectivity index (χ0) is 13.0. The Bertz CT molecular complexity index is 511. The van der Waals surface area contributed by atoms with Crippen LogP contribution in [0.25, 0.3) is 0 Å². The van der Waals surface area contributed by atoms with Crippen molar-refractivity contribution in [2.75, 3.05) is 6.54 Å². The van der Waals surface area contributed by atoms with E-state index in [9.17, 15) is 0 Å². The fourth-order valence-corrected chi connectivity index (χ4v) is 2.28. The first-order chi connectivity index (χ1) is 8.72. The van der Waals surface area contributed by atoms with E-state index in [1.165, 1.54) is 5.56 Å². The summed E-state index contributed by atoms with van der Waals surface area (Å²) in [4.78, 5) is 0. The van der Waals surface area contributed by atoms with Crippen LogP contribution in [0.4, 0.5) is 0 Å². The summed E-state index contributed by atoms with van der Waals surface area (Å²) in [5, 5.41) is 4.64. The Kier molecular flexibility index (Phi) is 4.65. The van der Waals surface area contributed by atoms with E-state index < -0.39 is 0 Å². The van der Waals surface area contributed by atoms with Gasteiger partial charge in [0.05, 0.1) is 16.1 Å². The fraction of sp³-hybridized carbons (Fsp3) is 0.200. The van der Waals surface area contributed by atoms with E-state index in [0.29, 0.717) is 10.0 Å². The first-order valence-corrected chi connectivity index (χ1v) is 6.71. The third-order valence-electron chi connectivity index (χ3n) is 2.82. The molecule has 0 fully saturated rings. The van der Waals surface area contributed by atoms with Gasteiger partial charge in [-0.25, -0.2) is 0 Å². The number of rotatable bonds is 4. The molecule has 2 aromatic rings. The molecule has 0 radical (unpaired) electrons. The molecule has 0 saturated heterocycles. The molecule has 1 nitrogen and oxygen atoms in total. The largest absolute Gasteiger partial charge is 0.307 e. The number of benzene rings is 2. The number of hydrogen-bond donors (Lipinski definition) is 1. The molecule has 0 aliphatic heterocycles. The molecule has 0 aliphatic carbocycles. The molecule has 2 rings (SSSR count). The summed E-state index contributed by atoms with van der Waals surface area (Å²) in [6.45, 7) is 2.98. The molecule has 0 aliphatic rings. The van der Waals surface area contributed by atoms with Gasteiger partial charge in [-0.3, -0.25) is 0 Å². The number of halogens is 2. The molecule has 0 amide bonds. The second-order valence-corrected chi connectivity index (χ2v) is 4.89. The maximum absolute atomic E-state index is 6.09. The average molecular weight is 280 g/mol. The van der Waals surface area contributed by atoms with Crippen molar-refractivity contribution in [2.24, 2.45) is 0 Å². The van der Waals surface area contributed by atoms with Gasteiger partial charge in [0, 0.05) is 0 Å². The SMILES string of the molecule is CCNC(c1ccccc1)c1ccc(Cl)c(Cl)c1. The molecule has 94 valence electrons. The molecule has 0 heterocycles. The van der Waals surface area contributed by atoms with Crippen molar-refractivity contribution in [3.8, 4) is 0 Å². The molecule has 1 atom stereocenters. The van der Waals surface area contributed by atoms with E-state index in [1.54, 1.807) is 0 Å². The summed E-state index contributed by atoms with van der Waals surface area (Å²) < 4.78 is 0. The van der Waals surface area contributed by atoms with Gasteiger partial charge in [-0.1, -0.05) is 66.5 Å². The molecule has 0 bridgehead atoms. The van der Waals surface area contributed by atoms with Crippen molar-refractivity contribution in [3.05, 3.63) is 69.7 Å². The second-order valence-electron chi connectivity index (χ2n) is 4.07. The first-order valence-electron chi connectivity index (χ1n) is 5.95. The maximum atomic E-state index is 6.09. The summed E-state index contributed by atoms with van der Waals surface area (Å²) in [6.07, 6.45) is 0. The lowest BCUT2D eigenvalue weighted by Crippen LogP contribution is -2.21. The summed E-state index contributed by atoms with van der Waals surface area (Å²) in [5.74, 6) is 0. The molecule has 0 spiro atoms. The zero-order valence-corrected chi connectivity index (χ0v) is 11.7. The van der Waals surface area contributed by atoms with Crippen molar-refractivity contribution in [3.63, 3.8) is 0 Å². The van der Waals surface area contributed by atoms with Crippen molar-refractivity contribution >= 4 is 23.2 Å². The minimum Gasteiger partial charge on any atom is -0.307 e. The van der Waals surface area contributed by atoms with Crippen LogP contribution >= 0.6 is 23.2 Å². The molecule has 18 heavy (non-hydrogen) atoms. The third kappa shape index (κ3) is 3.05. The lowest BCUT2D eigenvalue weighted by molar-refractivity contribution is 0.631. The van der Waals surface area contributed by atoms with Crippen LogP contribution in [0.5, 0.6) is 0 Å². The van der Waals surface area contributed by atoms with Crippen molar-refractivity contribution < 1.29 is 0 Å². The van der Waals surface area contributed by atoms with Gasteiger partial charge in [-0.15, -0.1) is 0 Å². The molecule has 0 saturated carbocycles. The molecule has 1 unspecified atom stereocenters. The lowest BCUT2D eigenvalue weighted by atomic mass is 9.99. The Labute approximate surface area is 118 Å². The van der Waals surface area contributed by atoms with Gasteiger partial charge in [-0.2, -0.15) is 0 Å². The topological polar surface area (TPSA) is 12.0 Å². The summed E-state index contributed by atoms with van der Waals surface area (Å²) in [6, 6.07) is 16.2. The van der Waals surface area contributed by atoms with E-state index in [0.717, 1.165) is 12.1 Å². The van der Waals surface area contributed by atoms with E-state index in [1.807, 2.05) is 36.4 Å². The van der Waals surface area contributed by atoms with Gasteiger partial charge in [0.1, 0.15) is 0 Å². The van der Waals surface area contributed by atoms with Crippen LogP contribution in [0.3, 0.4) is 0 Å². The van der Waals surface area contributed by atoms with E-state index in [4.69, 9.17) is 23.2 Å². The van der Waals surface area contributed by atoms with Crippen LogP contribution in [0.15, 0.2) is 48.5 Å². The third-order valence-corrected chi connectivity index (χ3v) is 3.56. The molecular formula is C15H15Cl2N. The van der Waals surface area contributed by atoms with Gasteiger partial charge >= 0.3 is 0 Å². The monoisotopic (exact) mass is 279 g/mol. The predicted octanol–water partition coefficient (Wildman–Crippen LogP) is 4.69. The molecular weight excluding hydrogens is 265 g/mol. The minimum absolute atomic E-state index is 0.144. The second kappa shape index (κ2) is 6.24. The zero-order valence-electron chi connectivity index (χ0n) is 10.2. The van der Waals surface area contributed by atoms with Crippen molar-refractivity contribution in [1.82, 2.24) is 5.32 Å². The Morgan fingerprint density at radius 1 is 0.944 bits per heavy atom. The van der Waals surface area contributed by atoms with E-state index in [2.05, 4.69) is 24.4 Å². The molecule has 1 N–H and O–H groups in total. The number of hydrogen-bond acceptors (Lipinski definition) is 1. The highest BCUT2D eigenvalue weighted by molar-refractivity contribution is 6.42. The Hall–Kier alpha value is -1.02. The van der Waals surface area contributed by atoms with Crippen LogP contribution in [0, 0.1) is 0 Å². The van der Waals surface area contributed by atoms with Gasteiger partial charge in [0.2, 0.25) is 0 Å². The van der Waals surface area contributed by atoms with Crippen LogP contribution in [0.1, 0.15) is 24.1 Å². The average Bonchev–Trinajstić information content (AvgIpc) is 2.40. The smallest absolute Gasteiger partial charge is 0.0595 e. The molecule has 2 aromatic carbocycles.